The van der Waals surface area contributed by atoms with Crippen LogP contribution in [0.5, 0.6) is 0 Å². The number of aromatic nitrogens is 1. The number of halogens is 1. The van der Waals surface area contributed by atoms with Crippen LogP contribution in [0.1, 0.15) is 11.1 Å². The van der Waals surface area contributed by atoms with Gasteiger partial charge in [0.2, 0.25) is 0 Å². The Labute approximate surface area is 122 Å². The smallest absolute Gasteiger partial charge is 0.262 e. The largest absolute Gasteiger partial charge is 0.399 e. The topological polar surface area (TPSA) is 85.1 Å². The highest BCUT2D eigenvalue weighted by Gasteiger charge is 2.17. The lowest BCUT2D eigenvalue weighted by Gasteiger charge is -2.11. The van der Waals surface area contributed by atoms with Gasteiger partial charge in [0.15, 0.2) is 5.15 Å². The van der Waals surface area contributed by atoms with Crippen LogP contribution in [0.3, 0.4) is 0 Å². The maximum Gasteiger partial charge on any atom is 0.262 e. The van der Waals surface area contributed by atoms with Crippen LogP contribution in [0.25, 0.3) is 0 Å². The lowest BCUT2D eigenvalue weighted by atomic mass is 10.2. The van der Waals surface area contributed by atoms with E-state index in [0.29, 0.717) is 11.3 Å². The molecule has 106 valence electrons. The van der Waals surface area contributed by atoms with Gasteiger partial charge >= 0.3 is 0 Å². The van der Waals surface area contributed by atoms with Gasteiger partial charge in [0.05, 0.1) is 10.6 Å². The van der Waals surface area contributed by atoms with Crippen LogP contribution in [-0.4, -0.2) is 13.4 Å². The van der Waals surface area contributed by atoms with E-state index in [1.807, 2.05) is 0 Å². The molecule has 0 aliphatic carbocycles. The summed E-state index contributed by atoms with van der Waals surface area (Å²) in [6.45, 7) is 3.55. The van der Waals surface area contributed by atoms with Crippen LogP contribution in [0.4, 0.5) is 11.4 Å². The van der Waals surface area contributed by atoms with Gasteiger partial charge in [-0.2, -0.15) is 0 Å². The molecule has 0 saturated heterocycles. The Hall–Kier alpha value is -1.79. The monoisotopic (exact) mass is 311 g/mol. The molecule has 2 rings (SSSR count). The number of nitrogens with zero attached hydrogens (tertiary/aromatic N) is 1. The maximum atomic E-state index is 12.3. The van der Waals surface area contributed by atoms with E-state index >= 15 is 0 Å². The van der Waals surface area contributed by atoms with Gasteiger partial charge in [0, 0.05) is 11.9 Å². The molecular weight excluding hydrogens is 298 g/mol. The van der Waals surface area contributed by atoms with Crippen molar-refractivity contribution in [1.29, 1.82) is 0 Å². The average molecular weight is 312 g/mol. The van der Waals surface area contributed by atoms with E-state index in [4.69, 9.17) is 17.3 Å². The number of sulfonamides is 1. The number of nitrogens with one attached hydrogen (secondary N) is 1. The number of pyridine rings is 1. The summed E-state index contributed by atoms with van der Waals surface area (Å²) in [6, 6.07) is 6.13. The first-order valence-corrected chi connectivity index (χ1v) is 7.67. The summed E-state index contributed by atoms with van der Waals surface area (Å²) in [5.41, 5.74) is 7.98. The van der Waals surface area contributed by atoms with Crippen molar-refractivity contribution >= 4 is 33.0 Å². The standard InChI is InChI=1S/C13H14ClN3O2S/c1-8-5-12(13(14)16-7-8)17-20(18,19)10-3-4-11(15)9(2)6-10/h3-7,17H,15H2,1-2H3. The highest BCUT2D eigenvalue weighted by Crippen LogP contribution is 2.24. The van der Waals surface area contributed by atoms with Gasteiger partial charge in [0.1, 0.15) is 0 Å². The predicted octanol–water partition coefficient (Wildman–Crippen LogP) is 2.73. The molecule has 0 spiro atoms. The first-order valence-electron chi connectivity index (χ1n) is 5.81. The van der Waals surface area contributed by atoms with Crippen molar-refractivity contribution in [1.82, 2.24) is 4.98 Å². The van der Waals surface area contributed by atoms with Crippen LogP contribution >= 0.6 is 11.6 Å². The van der Waals surface area contributed by atoms with Gasteiger partial charge in [-0.05, 0) is 49.2 Å². The zero-order valence-corrected chi connectivity index (χ0v) is 12.6. The number of nitrogen functional groups attached to an aromatic ring is 1. The highest BCUT2D eigenvalue weighted by atomic mass is 35.5. The summed E-state index contributed by atoms with van der Waals surface area (Å²) in [5, 5.41) is 0.103. The average Bonchev–Trinajstić information content (AvgIpc) is 2.36. The van der Waals surface area contributed by atoms with Crippen LogP contribution in [0.15, 0.2) is 35.4 Å². The lowest BCUT2D eigenvalue weighted by Crippen LogP contribution is -2.14. The fraction of sp³-hybridized carbons (Fsp3) is 0.154. The second-order valence-corrected chi connectivity index (χ2v) is 6.52. The summed E-state index contributed by atoms with van der Waals surface area (Å²) >= 11 is 5.89. The van der Waals surface area contributed by atoms with Gasteiger partial charge in [0.25, 0.3) is 10.0 Å². The minimum atomic E-state index is -3.72. The summed E-state index contributed by atoms with van der Waals surface area (Å²) in [7, 11) is -3.72. The number of aryl methyl sites for hydroxylation is 2. The van der Waals surface area contributed by atoms with Crippen LogP contribution in [0.2, 0.25) is 5.15 Å². The predicted molar refractivity (Wildman–Crippen MR) is 80.4 cm³/mol. The molecule has 5 nitrogen and oxygen atoms in total. The van der Waals surface area contributed by atoms with E-state index in [-0.39, 0.29) is 15.7 Å². The van der Waals surface area contributed by atoms with E-state index in [2.05, 4.69) is 9.71 Å². The molecule has 1 heterocycles. The number of hydrogen-bond acceptors (Lipinski definition) is 4. The molecule has 0 saturated carbocycles. The highest BCUT2D eigenvalue weighted by molar-refractivity contribution is 7.92. The Morgan fingerprint density at radius 1 is 1.25 bits per heavy atom. The lowest BCUT2D eigenvalue weighted by molar-refractivity contribution is 0.601. The molecule has 0 unspecified atom stereocenters. The normalized spacial score (nSPS) is 11.3. The maximum absolute atomic E-state index is 12.3. The molecule has 0 fully saturated rings. The van der Waals surface area contributed by atoms with E-state index in [0.717, 1.165) is 5.56 Å². The molecule has 1 aromatic heterocycles. The van der Waals surface area contributed by atoms with E-state index in [9.17, 15) is 8.42 Å². The van der Waals surface area contributed by atoms with E-state index < -0.39 is 10.0 Å². The van der Waals surface area contributed by atoms with Crippen LogP contribution in [0, 0.1) is 13.8 Å². The van der Waals surface area contributed by atoms with Crippen molar-refractivity contribution in [2.45, 2.75) is 18.7 Å². The minimum Gasteiger partial charge on any atom is -0.399 e. The zero-order valence-electron chi connectivity index (χ0n) is 11.0. The Balaban J connectivity index is 2.40. The van der Waals surface area contributed by atoms with Crippen molar-refractivity contribution in [2.24, 2.45) is 0 Å². The SMILES string of the molecule is Cc1cnc(Cl)c(NS(=O)(=O)c2ccc(N)c(C)c2)c1. The number of anilines is 2. The van der Waals surface area contributed by atoms with Crippen molar-refractivity contribution in [2.75, 3.05) is 10.5 Å². The number of hydrogen-bond donors (Lipinski definition) is 2. The van der Waals surface area contributed by atoms with Crippen molar-refractivity contribution in [3.8, 4) is 0 Å². The quantitative estimate of drug-likeness (QED) is 0.674. The third-order valence-electron chi connectivity index (χ3n) is 2.77. The summed E-state index contributed by atoms with van der Waals surface area (Å²) in [6.07, 6.45) is 1.56. The van der Waals surface area contributed by atoms with Crippen LogP contribution in [-0.2, 0) is 10.0 Å². The molecule has 0 amide bonds. The first kappa shape index (κ1) is 14.6. The van der Waals surface area contributed by atoms with E-state index in [1.165, 1.54) is 12.1 Å². The van der Waals surface area contributed by atoms with Crippen LogP contribution < -0.4 is 10.5 Å². The summed E-state index contributed by atoms with van der Waals surface area (Å²) in [5.74, 6) is 0. The Bertz CT molecular complexity index is 760. The third-order valence-corrected chi connectivity index (χ3v) is 4.44. The molecule has 0 bridgehead atoms. The molecular formula is C13H14ClN3O2S. The summed E-state index contributed by atoms with van der Waals surface area (Å²) < 4.78 is 27.0. The number of benzene rings is 1. The second kappa shape index (κ2) is 5.30. The molecule has 20 heavy (non-hydrogen) atoms. The third kappa shape index (κ3) is 3.02. The fourth-order valence-corrected chi connectivity index (χ4v) is 2.99. The van der Waals surface area contributed by atoms with E-state index in [1.54, 1.807) is 32.2 Å². The Morgan fingerprint density at radius 3 is 2.60 bits per heavy atom. The van der Waals surface area contributed by atoms with Gasteiger partial charge in [-0.15, -0.1) is 0 Å². The van der Waals surface area contributed by atoms with Crippen molar-refractivity contribution in [3.05, 3.63) is 46.7 Å². The zero-order chi connectivity index (χ0) is 14.9. The molecule has 0 aliphatic heterocycles. The van der Waals surface area contributed by atoms with Gasteiger partial charge in [-0.25, -0.2) is 13.4 Å². The second-order valence-electron chi connectivity index (χ2n) is 4.47. The molecule has 7 heteroatoms. The van der Waals surface area contributed by atoms with Gasteiger partial charge in [-0.1, -0.05) is 11.6 Å². The molecule has 2 aromatic rings. The molecule has 0 aliphatic rings. The molecule has 0 atom stereocenters. The molecule has 1 aromatic carbocycles. The Morgan fingerprint density at radius 2 is 1.95 bits per heavy atom. The van der Waals surface area contributed by atoms with Gasteiger partial charge in [-0.3, -0.25) is 4.72 Å². The van der Waals surface area contributed by atoms with Crippen molar-refractivity contribution < 1.29 is 8.42 Å². The Kier molecular flexibility index (Phi) is 3.87. The number of nitrogens with two attached hydrogens (primary N) is 1. The molecule has 3 N–H and O–H groups in total. The summed E-state index contributed by atoms with van der Waals surface area (Å²) in [4.78, 5) is 4.03. The van der Waals surface area contributed by atoms with Crippen molar-refractivity contribution in [3.63, 3.8) is 0 Å². The minimum absolute atomic E-state index is 0.103. The molecule has 0 radical (unpaired) electrons. The van der Waals surface area contributed by atoms with Gasteiger partial charge < -0.3 is 5.73 Å². The first-order chi connectivity index (χ1) is 9.29. The number of rotatable bonds is 3. The fourth-order valence-electron chi connectivity index (χ4n) is 1.64.